The number of sulfonamides is 1. The van der Waals surface area contributed by atoms with Gasteiger partial charge in [0.05, 0.1) is 15.1 Å². The van der Waals surface area contributed by atoms with E-state index in [9.17, 15) is 13.2 Å². The lowest BCUT2D eigenvalue weighted by Crippen LogP contribution is -2.39. The monoisotopic (exact) mass is 610 g/mol. The van der Waals surface area contributed by atoms with Crippen LogP contribution in [0.25, 0.3) is 10.2 Å². The van der Waals surface area contributed by atoms with Gasteiger partial charge < -0.3 is 4.90 Å². The van der Waals surface area contributed by atoms with Crippen LogP contribution in [0.5, 0.6) is 0 Å². The average molecular weight is 611 g/mol. The van der Waals surface area contributed by atoms with Crippen LogP contribution >= 0.6 is 35.5 Å². The maximum Gasteiger partial charge on any atom is 0.260 e. The Kier molecular flexibility index (Phi) is 11.7. The number of fused-ring (bicyclic) bond motifs is 1. The summed E-state index contributed by atoms with van der Waals surface area (Å²) in [6.07, 6.45) is 7.12. The Morgan fingerprint density at radius 3 is 2.31 bits per heavy atom. The number of carbonyl (C=O) groups is 1. The fraction of sp³-hybridized carbons (Fsp3) is 0.500. The highest BCUT2D eigenvalue weighted by Gasteiger charge is 2.29. The molecular weight excluding hydrogens is 572 g/mol. The van der Waals surface area contributed by atoms with E-state index in [0.717, 1.165) is 60.4 Å². The number of halogens is 1. The zero-order valence-electron chi connectivity index (χ0n) is 23.1. The van der Waals surface area contributed by atoms with Crippen molar-refractivity contribution in [2.75, 3.05) is 44.4 Å². The molecule has 0 unspecified atom stereocenters. The lowest BCUT2D eigenvalue weighted by atomic mass is 9.96. The van der Waals surface area contributed by atoms with Gasteiger partial charge in [0.15, 0.2) is 5.13 Å². The van der Waals surface area contributed by atoms with Gasteiger partial charge in [0.2, 0.25) is 10.0 Å². The van der Waals surface area contributed by atoms with Gasteiger partial charge in [0.25, 0.3) is 5.91 Å². The van der Waals surface area contributed by atoms with Crippen molar-refractivity contribution in [2.45, 2.75) is 61.8 Å². The number of hydrogen-bond acceptors (Lipinski definition) is 7. The van der Waals surface area contributed by atoms with Gasteiger partial charge in [0, 0.05) is 36.6 Å². The number of thiazole rings is 1. The number of anilines is 1. The van der Waals surface area contributed by atoms with Crippen LogP contribution in [0.2, 0.25) is 0 Å². The first-order valence-corrected chi connectivity index (χ1v) is 16.8. The molecule has 1 amide bonds. The van der Waals surface area contributed by atoms with Gasteiger partial charge >= 0.3 is 0 Å². The molecular formula is C28H39ClN4O3S3. The molecule has 0 atom stereocenters. The summed E-state index contributed by atoms with van der Waals surface area (Å²) in [4.78, 5) is 24.0. The van der Waals surface area contributed by atoms with Gasteiger partial charge in [-0.15, -0.1) is 24.2 Å². The van der Waals surface area contributed by atoms with E-state index in [2.05, 4.69) is 24.8 Å². The Balaban J connectivity index is 0.00000420. The normalized spacial score (nSPS) is 14.6. The fourth-order valence-electron chi connectivity index (χ4n) is 4.93. The van der Waals surface area contributed by atoms with Crippen LogP contribution in [-0.2, 0) is 10.0 Å². The van der Waals surface area contributed by atoms with Gasteiger partial charge in [0.1, 0.15) is 0 Å². The van der Waals surface area contributed by atoms with Crippen LogP contribution in [0, 0.1) is 0 Å². The molecule has 11 heteroatoms. The van der Waals surface area contributed by atoms with Crippen molar-refractivity contribution in [1.29, 1.82) is 0 Å². The summed E-state index contributed by atoms with van der Waals surface area (Å²) in [5, 5.41) is 0.657. The maximum absolute atomic E-state index is 13.8. The third kappa shape index (κ3) is 7.34. The molecule has 0 bridgehead atoms. The second kappa shape index (κ2) is 14.3. The van der Waals surface area contributed by atoms with Crippen molar-refractivity contribution < 1.29 is 13.2 Å². The Morgan fingerprint density at radius 2 is 1.69 bits per heavy atom. The minimum absolute atomic E-state index is 0. The molecule has 7 nitrogen and oxygen atoms in total. The highest BCUT2D eigenvalue weighted by molar-refractivity contribution is 7.98. The molecule has 0 N–H and O–H groups in total. The van der Waals surface area contributed by atoms with Crippen molar-refractivity contribution in [3.8, 4) is 0 Å². The number of amides is 1. The number of rotatable bonds is 11. The standard InChI is InChI=1S/C28H38N4O3S3.ClH/c1-5-31(6-2)18-19-32(28-29-25-17-14-23(36-4)20-26(25)37-28)27(33)21-12-15-24(16-13-21)38(34,35)30(3)22-10-8-7-9-11-22;/h12-17,20,22H,5-11,18-19H2,1-4H3;1H. The summed E-state index contributed by atoms with van der Waals surface area (Å²) in [6, 6.07) is 12.6. The maximum atomic E-state index is 13.8. The number of hydrogen-bond donors (Lipinski definition) is 0. The Hall–Kier alpha value is -1.69. The number of nitrogens with zero attached hydrogens (tertiary/aromatic N) is 4. The number of benzene rings is 2. The van der Waals surface area contributed by atoms with Gasteiger partial charge in [-0.05, 0) is 74.7 Å². The molecule has 0 radical (unpaired) electrons. The zero-order chi connectivity index (χ0) is 27.3. The molecule has 1 saturated carbocycles. The quantitative estimate of drug-likeness (QED) is 0.235. The van der Waals surface area contributed by atoms with Crippen molar-refractivity contribution in [3.05, 3.63) is 48.0 Å². The predicted molar refractivity (Wildman–Crippen MR) is 166 cm³/mol. The highest BCUT2D eigenvalue weighted by atomic mass is 35.5. The van der Waals surface area contributed by atoms with Crippen molar-refractivity contribution >= 4 is 66.8 Å². The van der Waals surface area contributed by atoms with Crippen LogP contribution in [0.3, 0.4) is 0 Å². The topological polar surface area (TPSA) is 73.8 Å². The largest absolute Gasteiger partial charge is 0.302 e. The van der Waals surface area contributed by atoms with E-state index in [1.165, 1.54) is 22.1 Å². The second-order valence-corrected chi connectivity index (χ2v) is 13.5. The van der Waals surface area contributed by atoms with Gasteiger partial charge in [-0.1, -0.05) is 44.4 Å². The fourth-order valence-corrected chi connectivity index (χ4v) is 7.89. The summed E-state index contributed by atoms with van der Waals surface area (Å²) in [7, 11) is -1.94. The number of aromatic nitrogens is 1. The third-order valence-corrected chi connectivity index (χ3v) is 11.2. The molecule has 0 aliphatic heterocycles. The van der Waals surface area contributed by atoms with Gasteiger partial charge in [-0.25, -0.2) is 13.4 Å². The molecule has 3 aromatic rings. The number of likely N-dealkylation sites (N-methyl/N-ethyl adjacent to an activating group) is 1. The highest BCUT2D eigenvalue weighted by Crippen LogP contribution is 2.33. The van der Waals surface area contributed by atoms with Crippen LogP contribution < -0.4 is 4.90 Å². The molecule has 4 rings (SSSR count). The van der Waals surface area contributed by atoms with Crippen LogP contribution in [0.4, 0.5) is 5.13 Å². The number of thioether (sulfide) groups is 1. The van der Waals surface area contributed by atoms with E-state index in [1.807, 2.05) is 18.4 Å². The lowest BCUT2D eigenvalue weighted by molar-refractivity contribution is 0.0983. The number of carbonyl (C=O) groups excluding carboxylic acids is 1. The Morgan fingerprint density at radius 1 is 1.03 bits per heavy atom. The predicted octanol–water partition coefficient (Wildman–Crippen LogP) is 6.38. The first-order valence-electron chi connectivity index (χ1n) is 13.3. The molecule has 214 valence electrons. The lowest BCUT2D eigenvalue weighted by Gasteiger charge is -2.30. The summed E-state index contributed by atoms with van der Waals surface area (Å²) in [5.41, 5.74) is 1.32. The van der Waals surface area contributed by atoms with E-state index < -0.39 is 10.0 Å². The first kappa shape index (κ1) is 31.8. The zero-order valence-corrected chi connectivity index (χ0v) is 26.4. The summed E-state index contributed by atoms with van der Waals surface area (Å²) in [6.45, 7) is 7.25. The van der Waals surface area contributed by atoms with Crippen LogP contribution in [0.15, 0.2) is 52.3 Å². The average Bonchev–Trinajstić information content (AvgIpc) is 3.38. The van der Waals surface area contributed by atoms with Crippen molar-refractivity contribution in [1.82, 2.24) is 14.2 Å². The summed E-state index contributed by atoms with van der Waals surface area (Å²) in [5.74, 6) is -0.175. The minimum atomic E-state index is -3.62. The van der Waals surface area contributed by atoms with E-state index in [-0.39, 0.29) is 29.3 Å². The molecule has 2 aromatic carbocycles. The summed E-state index contributed by atoms with van der Waals surface area (Å²) < 4.78 is 29.1. The second-order valence-electron chi connectivity index (χ2n) is 9.65. The minimum Gasteiger partial charge on any atom is -0.302 e. The molecule has 1 fully saturated rings. The summed E-state index contributed by atoms with van der Waals surface area (Å²) >= 11 is 3.19. The van der Waals surface area contributed by atoms with Crippen molar-refractivity contribution in [2.24, 2.45) is 0 Å². The van der Waals surface area contributed by atoms with E-state index >= 15 is 0 Å². The smallest absolute Gasteiger partial charge is 0.260 e. The Bertz CT molecular complexity index is 1340. The van der Waals surface area contributed by atoms with Crippen LogP contribution in [-0.4, -0.2) is 74.0 Å². The third-order valence-electron chi connectivity index (χ3n) is 7.46. The van der Waals surface area contributed by atoms with Crippen molar-refractivity contribution in [3.63, 3.8) is 0 Å². The van der Waals surface area contributed by atoms with E-state index in [0.29, 0.717) is 17.2 Å². The molecule has 39 heavy (non-hydrogen) atoms. The Labute approximate surface area is 247 Å². The molecule has 1 heterocycles. The molecule has 1 aliphatic carbocycles. The van der Waals surface area contributed by atoms with Gasteiger partial charge in [-0.2, -0.15) is 4.31 Å². The van der Waals surface area contributed by atoms with Crippen LogP contribution in [0.1, 0.15) is 56.3 Å². The molecule has 1 aliphatic rings. The molecule has 1 aromatic heterocycles. The SMILES string of the molecule is CCN(CC)CCN(C(=O)c1ccc(S(=O)(=O)N(C)C2CCCCC2)cc1)c1nc2ccc(SC)cc2s1.Cl. The molecule has 0 spiro atoms. The molecule has 0 saturated heterocycles. The van der Waals surface area contributed by atoms with Gasteiger partial charge in [-0.3, -0.25) is 9.69 Å². The van der Waals surface area contributed by atoms with E-state index in [1.54, 1.807) is 48.0 Å². The first-order chi connectivity index (χ1) is 18.3. The van der Waals surface area contributed by atoms with E-state index in [4.69, 9.17) is 4.98 Å².